The Hall–Kier alpha value is 2.95. The normalized spacial score (nSPS) is 9.62. The van der Waals surface area contributed by atoms with Gasteiger partial charge in [-0.25, -0.2) is 9.97 Å². The van der Waals surface area contributed by atoms with Crippen molar-refractivity contribution in [3.8, 4) is 11.5 Å². The topological polar surface area (TPSA) is 223 Å². The molecule has 0 amide bonds. The molecular weight excluding hydrogens is 705 g/mol. The van der Waals surface area contributed by atoms with Crippen LogP contribution in [0.2, 0.25) is 0 Å². The Balaban J connectivity index is -0.00000380. The number of hydrogen-bond donors (Lipinski definition) is 0. The molecule has 206 valence electrons. The first-order valence-corrected chi connectivity index (χ1v) is 13.2. The number of carboxylic acid groups (broad SMARTS) is 4. The smallest absolute Gasteiger partial charge is 0.543 e. The monoisotopic (exact) mass is 724 g/mol. The molecule has 2 rings (SSSR count). The van der Waals surface area contributed by atoms with Crippen LogP contribution < -0.4 is 235 Å². The van der Waals surface area contributed by atoms with Crippen LogP contribution in [0.25, 0.3) is 0 Å². The van der Waals surface area contributed by atoms with E-state index in [1.54, 1.807) is 21.6 Å². The van der Waals surface area contributed by atoms with Crippen LogP contribution in [0.3, 0.4) is 0 Å². The van der Waals surface area contributed by atoms with Crippen LogP contribution in [0, 0.1) is 0 Å². The maximum Gasteiger partial charge on any atom is 1.00 e. The van der Waals surface area contributed by atoms with E-state index < -0.39 is 46.7 Å². The molecule has 0 radical (unpaired) electrons. The molecular formula is C22H20K4N2O12S2. The van der Waals surface area contributed by atoms with Crippen molar-refractivity contribution in [1.29, 1.82) is 0 Å². The van der Waals surface area contributed by atoms with Crippen molar-refractivity contribution in [2.24, 2.45) is 0 Å². The van der Waals surface area contributed by atoms with E-state index in [1.807, 2.05) is 0 Å². The van der Waals surface area contributed by atoms with Gasteiger partial charge < -0.3 is 58.6 Å². The Morgan fingerprint density at radius 3 is 1.07 bits per heavy atom. The Bertz CT molecular complexity index is 999. The van der Waals surface area contributed by atoms with Crippen molar-refractivity contribution < 1.29 is 264 Å². The zero-order chi connectivity index (χ0) is 27.9. The molecule has 0 aromatic carbocycles. The van der Waals surface area contributed by atoms with Crippen molar-refractivity contribution in [2.75, 3.05) is 51.1 Å². The van der Waals surface area contributed by atoms with Gasteiger partial charge in [-0.05, 0) is 0 Å². The van der Waals surface area contributed by atoms with Gasteiger partial charge >= 0.3 is 206 Å². The van der Waals surface area contributed by atoms with Crippen molar-refractivity contribution >= 4 is 45.5 Å². The third-order valence-electron chi connectivity index (χ3n) is 4.13. The Kier molecular flexibility index (Phi) is 34.0. The van der Waals surface area contributed by atoms with Crippen molar-refractivity contribution in [3.63, 3.8) is 0 Å². The van der Waals surface area contributed by atoms with E-state index in [2.05, 4.69) is 9.97 Å². The molecule has 42 heavy (non-hydrogen) atoms. The quantitative estimate of drug-likeness (QED) is 0.0745. The van der Waals surface area contributed by atoms with Gasteiger partial charge in [0, 0.05) is 35.8 Å². The fourth-order valence-corrected chi connectivity index (χ4v) is 4.26. The standard InChI is InChI=1S/C22H24N2O12S2.4K/c25-19(26)15-9-13(10-16(23-15)20(27)28)35-3-1-33-5-7-37-38-8-6-34-2-4-36-14-11-17(21(29)30)24-18(12-14)22(31)32;;;;/h9-12H,1-8H2,(H,25,26)(H,27,28)(H,29,30)(H,31,32);;;;/q;4*+1/p-4. The Morgan fingerprint density at radius 1 is 0.524 bits per heavy atom. The van der Waals surface area contributed by atoms with E-state index in [1.165, 1.54) is 0 Å². The van der Waals surface area contributed by atoms with Gasteiger partial charge in [-0.3, -0.25) is 0 Å². The van der Waals surface area contributed by atoms with Gasteiger partial charge in [0.1, 0.15) is 24.7 Å². The van der Waals surface area contributed by atoms with Gasteiger partial charge in [0.2, 0.25) is 0 Å². The number of aromatic nitrogens is 2. The number of ether oxygens (including phenoxy) is 4. The van der Waals surface area contributed by atoms with Crippen LogP contribution in [0.4, 0.5) is 0 Å². The van der Waals surface area contributed by atoms with E-state index in [0.29, 0.717) is 24.7 Å². The summed E-state index contributed by atoms with van der Waals surface area (Å²) in [6.45, 7) is 1.30. The SMILES string of the molecule is O=C([O-])c1cc(OCCOCCSSCCOCCOc2cc(C(=O)[O-])nc(C(=O)[O-])c2)cc(C(=O)[O-])n1.[K+].[K+].[K+].[K+]. The minimum atomic E-state index is -1.64. The minimum Gasteiger partial charge on any atom is -0.543 e. The molecule has 0 saturated carbocycles. The summed E-state index contributed by atoms with van der Waals surface area (Å²) in [7, 11) is 3.09. The van der Waals surface area contributed by atoms with E-state index in [4.69, 9.17) is 18.9 Å². The summed E-state index contributed by atoms with van der Waals surface area (Å²) in [5.74, 6) is -5.27. The average molecular weight is 725 g/mol. The molecule has 0 aliphatic carbocycles. The predicted molar refractivity (Wildman–Crippen MR) is 123 cm³/mol. The average Bonchev–Trinajstić information content (AvgIpc) is 2.88. The predicted octanol–water partition coefficient (Wildman–Crippen LogP) is -15.2. The molecule has 0 saturated heterocycles. The molecule has 2 aromatic heterocycles. The van der Waals surface area contributed by atoms with Gasteiger partial charge in [-0.15, -0.1) is 0 Å². The second-order valence-corrected chi connectivity index (χ2v) is 9.56. The van der Waals surface area contributed by atoms with Gasteiger partial charge in [-0.2, -0.15) is 0 Å². The molecule has 2 heterocycles. The first-order chi connectivity index (χ1) is 18.2. The molecule has 20 heteroatoms. The number of hydrogen-bond acceptors (Lipinski definition) is 16. The Morgan fingerprint density at radius 2 is 0.810 bits per heavy atom. The van der Waals surface area contributed by atoms with Gasteiger partial charge in [0.05, 0.1) is 73.1 Å². The molecule has 0 atom stereocenters. The zero-order valence-corrected chi connectivity index (χ0v) is 37.7. The fraction of sp³-hybridized carbons (Fsp3) is 0.364. The van der Waals surface area contributed by atoms with E-state index in [0.717, 1.165) is 24.3 Å². The number of rotatable bonds is 19. The van der Waals surface area contributed by atoms with Crippen molar-refractivity contribution in [1.82, 2.24) is 9.97 Å². The minimum absolute atomic E-state index is 0. The van der Waals surface area contributed by atoms with Gasteiger partial charge in [-0.1, -0.05) is 21.6 Å². The molecule has 0 aliphatic rings. The molecule has 0 fully saturated rings. The zero-order valence-electron chi connectivity index (χ0n) is 23.6. The number of nitrogens with zero attached hydrogens (tertiary/aromatic N) is 2. The Labute approximate surface area is 419 Å². The second kappa shape index (κ2) is 28.9. The van der Waals surface area contributed by atoms with Crippen LogP contribution in [-0.4, -0.2) is 85.0 Å². The van der Waals surface area contributed by atoms with E-state index in [9.17, 15) is 39.6 Å². The second-order valence-electron chi connectivity index (χ2n) is 6.86. The first-order valence-electron chi connectivity index (χ1n) is 10.7. The summed E-state index contributed by atoms with van der Waals surface area (Å²) in [6.07, 6.45) is 0. The summed E-state index contributed by atoms with van der Waals surface area (Å²) in [5.41, 5.74) is -2.33. The number of carbonyl (C=O) groups is 4. The third kappa shape index (κ3) is 21.0. The molecule has 0 unspecified atom stereocenters. The number of aromatic carboxylic acids is 4. The largest absolute Gasteiger partial charge is 1.00 e. The van der Waals surface area contributed by atoms with Crippen LogP contribution >= 0.6 is 21.6 Å². The number of carboxylic acids is 4. The van der Waals surface area contributed by atoms with Gasteiger partial charge in [0.15, 0.2) is 0 Å². The summed E-state index contributed by atoms with van der Waals surface area (Å²) >= 11 is 0. The summed E-state index contributed by atoms with van der Waals surface area (Å²) in [6, 6.07) is 4.17. The van der Waals surface area contributed by atoms with E-state index >= 15 is 0 Å². The molecule has 14 nitrogen and oxygen atoms in total. The molecule has 0 bridgehead atoms. The van der Waals surface area contributed by atoms with Crippen molar-refractivity contribution in [3.05, 3.63) is 47.0 Å². The third-order valence-corrected chi connectivity index (χ3v) is 6.47. The van der Waals surface area contributed by atoms with Crippen LogP contribution in [0.1, 0.15) is 42.0 Å². The molecule has 0 spiro atoms. The maximum atomic E-state index is 10.9. The number of carbonyl (C=O) groups excluding carboxylic acids is 4. The number of pyridine rings is 2. The molecule has 2 aromatic rings. The van der Waals surface area contributed by atoms with Gasteiger partial charge in [0.25, 0.3) is 0 Å². The summed E-state index contributed by atoms with van der Waals surface area (Å²) < 4.78 is 21.4. The summed E-state index contributed by atoms with van der Waals surface area (Å²) in [4.78, 5) is 50.4. The van der Waals surface area contributed by atoms with E-state index in [-0.39, 0.29) is 243 Å². The van der Waals surface area contributed by atoms with Crippen LogP contribution in [-0.2, 0) is 9.47 Å². The summed E-state index contributed by atoms with van der Waals surface area (Å²) in [5, 5.41) is 43.6. The van der Waals surface area contributed by atoms with Crippen LogP contribution in [0.15, 0.2) is 24.3 Å². The molecule has 0 aliphatic heterocycles. The maximum absolute atomic E-state index is 10.9. The van der Waals surface area contributed by atoms with Crippen LogP contribution in [0.5, 0.6) is 11.5 Å². The molecule has 0 N–H and O–H groups in total. The fourth-order valence-electron chi connectivity index (χ4n) is 2.54. The van der Waals surface area contributed by atoms with Crippen molar-refractivity contribution in [2.45, 2.75) is 0 Å². The first kappa shape index (κ1) is 49.3.